The number of likely N-dealkylation sites (tertiary alicyclic amines) is 1. The van der Waals surface area contributed by atoms with E-state index < -0.39 is 0 Å². The van der Waals surface area contributed by atoms with Crippen LogP contribution in [0.15, 0.2) is 24.5 Å². The van der Waals surface area contributed by atoms with Crippen molar-refractivity contribution in [1.82, 2.24) is 25.0 Å². The Kier molecular flexibility index (Phi) is 5.50. The largest absolute Gasteiger partial charge is 0.376 e. The fraction of sp³-hybridized carbons (Fsp3) is 0.550. The Morgan fingerprint density at radius 1 is 1.44 bits per heavy atom. The molecule has 7 heteroatoms. The van der Waals surface area contributed by atoms with E-state index in [-0.39, 0.29) is 11.9 Å². The summed E-state index contributed by atoms with van der Waals surface area (Å²) in [5.74, 6) is -0.0454. The number of rotatable bonds is 5. The molecule has 1 unspecified atom stereocenters. The highest BCUT2D eigenvalue weighted by Crippen LogP contribution is 2.23. The molecule has 1 saturated heterocycles. The Balaban J connectivity index is 1.40. The van der Waals surface area contributed by atoms with Gasteiger partial charge in [0.1, 0.15) is 0 Å². The lowest BCUT2D eigenvalue weighted by Crippen LogP contribution is -2.47. The number of carbonyl (C=O) groups is 1. The molecule has 0 bridgehead atoms. The SMILES string of the molecule is CCn1nc(CN2CCCC(NC(=O)c3cccnc3)C2)c2c1CCOC2. The van der Waals surface area contributed by atoms with Crippen molar-refractivity contribution in [2.24, 2.45) is 0 Å². The zero-order valence-electron chi connectivity index (χ0n) is 15.9. The molecular formula is C20H27N5O2. The van der Waals surface area contributed by atoms with Crippen LogP contribution in [0.2, 0.25) is 0 Å². The van der Waals surface area contributed by atoms with Gasteiger partial charge in [-0.1, -0.05) is 0 Å². The van der Waals surface area contributed by atoms with Gasteiger partial charge < -0.3 is 10.1 Å². The van der Waals surface area contributed by atoms with Gasteiger partial charge >= 0.3 is 0 Å². The maximum absolute atomic E-state index is 12.4. The van der Waals surface area contributed by atoms with Gasteiger partial charge in [-0.05, 0) is 38.4 Å². The lowest BCUT2D eigenvalue weighted by Gasteiger charge is -2.33. The second-order valence-electron chi connectivity index (χ2n) is 7.28. The number of aryl methyl sites for hydroxylation is 1. The highest BCUT2D eigenvalue weighted by molar-refractivity contribution is 5.94. The third-order valence-corrected chi connectivity index (χ3v) is 5.42. The Hall–Kier alpha value is -2.25. The molecule has 2 aromatic heterocycles. The molecule has 27 heavy (non-hydrogen) atoms. The molecular weight excluding hydrogens is 342 g/mol. The number of aromatic nitrogens is 3. The predicted octanol–water partition coefficient (Wildman–Crippen LogP) is 1.77. The zero-order chi connectivity index (χ0) is 18.6. The minimum absolute atomic E-state index is 0.0454. The molecule has 2 aliphatic heterocycles. The van der Waals surface area contributed by atoms with E-state index in [0.717, 1.165) is 57.7 Å². The lowest BCUT2D eigenvalue weighted by molar-refractivity contribution is 0.0898. The molecule has 144 valence electrons. The van der Waals surface area contributed by atoms with Gasteiger partial charge in [0.05, 0.1) is 24.5 Å². The van der Waals surface area contributed by atoms with Crippen LogP contribution in [0, 0.1) is 0 Å². The van der Waals surface area contributed by atoms with Gasteiger partial charge in [-0.15, -0.1) is 0 Å². The van der Waals surface area contributed by atoms with Gasteiger partial charge in [0.15, 0.2) is 0 Å². The summed E-state index contributed by atoms with van der Waals surface area (Å²) in [7, 11) is 0. The van der Waals surface area contributed by atoms with Crippen LogP contribution in [0.5, 0.6) is 0 Å². The first-order valence-corrected chi connectivity index (χ1v) is 9.83. The second-order valence-corrected chi connectivity index (χ2v) is 7.28. The first kappa shape index (κ1) is 18.1. The van der Waals surface area contributed by atoms with Crippen molar-refractivity contribution in [2.75, 3.05) is 19.7 Å². The van der Waals surface area contributed by atoms with Crippen LogP contribution in [-0.2, 0) is 30.9 Å². The number of pyridine rings is 1. The number of amides is 1. The highest BCUT2D eigenvalue weighted by atomic mass is 16.5. The average molecular weight is 369 g/mol. The fourth-order valence-corrected chi connectivity index (χ4v) is 4.06. The van der Waals surface area contributed by atoms with E-state index in [0.29, 0.717) is 12.2 Å². The Bertz CT molecular complexity index is 789. The summed E-state index contributed by atoms with van der Waals surface area (Å²) < 4.78 is 7.80. The number of fused-ring (bicyclic) bond motifs is 1. The molecule has 1 amide bonds. The standard InChI is InChI=1S/C20H27N5O2/c1-2-25-19-7-10-27-14-17(19)18(23-25)13-24-9-4-6-16(12-24)22-20(26)15-5-3-8-21-11-15/h3,5,8,11,16H,2,4,6-7,9-10,12-14H2,1H3,(H,22,26). The first-order valence-electron chi connectivity index (χ1n) is 9.83. The van der Waals surface area contributed by atoms with Crippen LogP contribution in [0.4, 0.5) is 0 Å². The molecule has 0 spiro atoms. The number of carbonyl (C=O) groups excluding carboxylic acids is 1. The van der Waals surface area contributed by atoms with Crippen molar-refractivity contribution in [3.05, 3.63) is 47.0 Å². The maximum Gasteiger partial charge on any atom is 0.253 e. The highest BCUT2D eigenvalue weighted by Gasteiger charge is 2.26. The normalized spacial score (nSPS) is 20.3. The second kappa shape index (κ2) is 8.19. The van der Waals surface area contributed by atoms with Crippen LogP contribution >= 0.6 is 0 Å². The topological polar surface area (TPSA) is 72.3 Å². The van der Waals surface area contributed by atoms with Crippen molar-refractivity contribution >= 4 is 5.91 Å². The Morgan fingerprint density at radius 3 is 3.19 bits per heavy atom. The number of nitrogens with one attached hydrogen (secondary N) is 1. The minimum Gasteiger partial charge on any atom is -0.376 e. The zero-order valence-corrected chi connectivity index (χ0v) is 15.9. The van der Waals surface area contributed by atoms with Crippen molar-refractivity contribution in [3.63, 3.8) is 0 Å². The molecule has 2 aromatic rings. The Morgan fingerprint density at radius 2 is 2.37 bits per heavy atom. The van der Waals surface area contributed by atoms with Crippen LogP contribution in [0.25, 0.3) is 0 Å². The van der Waals surface area contributed by atoms with Crippen molar-refractivity contribution < 1.29 is 9.53 Å². The van der Waals surface area contributed by atoms with Crippen LogP contribution in [-0.4, -0.2) is 51.3 Å². The summed E-state index contributed by atoms with van der Waals surface area (Å²) in [5, 5.41) is 8.00. The van der Waals surface area contributed by atoms with E-state index in [2.05, 4.69) is 26.8 Å². The molecule has 0 saturated carbocycles. The summed E-state index contributed by atoms with van der Waals surface area (Å²) in [5.41, 5.74) is 4.34. The number of ether oxygens (including phenoxy) is 1. The van der Waals surface area contributed by atoms with Gasteiger partial charge in [0.25, 0.3) is 5.91 Å². The quantitative estimate of drug-likeness (QED) is 0.870. The number of hydrogen-bond donors (Lipinski definition) is 1. The van der Waals surface area contributed by atoms with Gasteiger partial charge in [-0.25, -0.2) is 0 Å². The van der Waals surface area contributed by atoms with Gasteiger partial charge in [0.2, 0.25) is 0 Å². The summed E-state index contributed by atoms with van der Waals surface area (Å²) >= 11 is 0. The first-order chi connectivity index (χ1) is 13.2. The molecule has 1 fully saturated rings. The van der Waals surface area contributed by atoms with E-state index in [9.17, 15) is 4.79 Å². The molecule has 7 nitrogen and oxygen atoms in total. The average Bonchev–Trinajstić information content (AvgIpc) is 3.07. The van der Waals surface area contributed by atoms with E-state index in [1.54, 1.807) is 24.5 Å². The van der Waals surface area contributed by atoms with E-state index in [1.807, 2.05) is 0 Å². The molecule has 4 heterocycles. The van der Waals surface area contributed by atoms with Crippen molar-refractivity contribution in [2.45, 2.75) is 51.9 Å². The molecule has 0 radical (unpaired) electrons. The Labute approximate surface area is 159 Å². The fourth-order valence-electron chi connectivity index (χ4n) is 4.06. The van der Waals surface area contributed by atoms with Crippen LogP contribution in [0.3, 0.4) is 0 Å². The van der Waals surface area contributed by atoms with Crippen molar-refractivity contribution in [1.29, 1.82) is 0 Å². The summed E-state index contributed by atoms with van der Waals surface area (Å²) in [6, 6.07) is 3.75. The van der Waals surface area contributed by atoms with Crippen molar-refractivity contribution in [3.8, 4) is 0 Å². The molecule has 0 aromatic carbocycles. The van der Waals surface area contributed by atoms with E-state index in [1.165, 1.54) is 11.3 Å². The van der Waals surface area contributed by atoms with Gasteiger partial charge in [-0.3, -0.25) is 19.4 Å². The minimum atomic E-state index is -0.0454. The van der Waals surface area contributed by atoms with E-state index >= 15 is 0 Å². The number of nitrogens with zero attached hydrogens (tertiary/aromatic N) is 4. The third kappa shape index (κ3) is 4.04. The van der Waals surface area contributed by atoms with Crippen LogP contribution < -0.4 is 5.32 Å². The predicted molar refractivity (Wildman–Crippen MR) is 101 cm³/mol. The van der Waals surface area contributed by atoms with E-state index in [4.69, 9.17) is 9.84 Å². The monoisotopic (exact) mass is 369 g/mol. The maximum atomic E-state index is 12.4. The molecule has 1 atom stereocenters. The number of hydrogen-bond acceptors (Lipinski definition) is 5. The summed E-state index contributed by atoms with van der Waals surface area (Å²) in [6.07, 6.45) is 6.32. The molecule has 1 N–H and O–H groups in total. The van der Waals surface area contributed by atoms with Crippen LogP contribution in [0.1, 0.15) is 47.1 Å². The van der Waals surface area contributed by atoms with Gasteiger partial charge in [0, 0.05) is 55.7 Å². The third-order valence-electron chi connectivity index (χ3n) is 5.42. The van der Waals surface area contributed by atoms with Gasteiger partial charge in [-0.2, -0.15) is 5.10 Å². The molecule has 0 aliphatic carbocycles. The summed E-state index contributed by atoms with van der Waals surface area (Å²) in [6.45, 7) is 7.18. The smallest absolute Gasteiger partial charge is 0.253 e. The lowest BCUT2D eigenvalue weighted by atomic mass is 10.0. The molecule has 2 aliphatic rings. The summed E-state index contributed by atoms with van der Waals surface area (Å²) in [4.78, 5) is 18.8. The number of piperidine rings is 1. The molecule has 4 rings (SSSR count).